The fourth-order valence-corrected chi connectivity index (χ4v) is 1.64. The molecule has 0 aliphatic rings. The third-order valence-electron chi connectivity index (χ3n) is 2.21. The van der Waals surface area contributed by atoms with E-state index in [1.807, 2.05) is 31.3 Å². The van der Waals surface area contributed by atoms with Gasteiger partial charge in [-0.05, 0) is 20.0 Å². The first-order chi connectivity index (χ1) is 7.13. The minimum atomic E-state index is -0.301. The van der Waals surface area contributed by atoms with Crippen LogP contribution < -0.4 is 4.74 Å². The second-order valence-electron chi connectivity index (χ2n) is 3.86. The number of para-hydroxylation sites is 1. The van der Waals surface area contributed by atoms with Gasteiger partial charge in [0.05, 0.1) is 13.2 Å². The highest BCUT2D eigenvalue weighted by atomic mass is 16.5. The first kappa shape index (κ1) is 12.0. The van der Waals surface area contributed by atoms with Gasteiger partial charge in [-0.25, -0.2) is 0 Å². The summed E-state index contributed by atoms with van der Waals surface area (Å²) >= 11 is 0. The topological polar surface area (TPSA) is 32.7 Å². The summed E-state index contributed by atoms with van der Waals surface area (Å²) in [5.41, 5.74) is 1.14. The number of aliphatic hydroxyl groups is 1. The fourth-order valence-electron chi connectivity index (χ4n) is 1.64. The van der Waals surface area contributed by atoms with Crippen LogP contribution in [0.5, 0.6) is 5.75 Å². The summed E-state index contributed by atoms with van der Waals surface area (Å²) in [7, 11) is 3.66. The number of aliphatic hydroxyl groups excluding tert-OH is 1. The molecule has 0 heterocycles. The van der Waals surface area contributed by atoms with Crippen LogP contribution in [0.25, 0.3) is 0 Å². The molecule has 0 fully saturated rings. The average Bonchev–Trinajstić information content (AvgIpc) is 2.17. The number of benzene rings is 1. The van der Waals surface area contributed by atoms with Crippen LogP contribution in [0.2, 0.25) is 0 Å². The molecule has 0 unspecified atom stereocenters. The Morgan fingerprint density at radius 1 is 1.40 bits per heavy atom. The molecule has 3 heteroatoms. The van der Waals surface area contributed by atoms with Gasteiger partial charge in [-0.2, -0.15) is 0 Å². The van der Waals surface area contributed by atoms with E-state index in [2.05, 4.69) is 4.90 Å². The van der Waals surface area contributed by atoms with E-state index >= 15 is 0 Å². The van der Waals surface area contributed by atoms with Crippen LogP contribution in [-0.4, -0.2) is 36.8 Å². The van der Waals surface area contributed by atoms with E-state index in [-0.39, 0.29) is 6.10 Å². The zero-order chi connectivity index (χ0) is 11.3. The maximum atomic E-state index is 9.25. The van der Waals surface area contributed by atoms with E-state index in [0.29, 0.717) is 6.54 Å². The van der Waals surface area contributed by atoms with Crippen LogP contribution in [0.3, 0.4) is 0 Å². The van der Waals surface area contributed by atoms with Gasteiger partial charge in [0.2, 0.25) is 0 Å². The quantitative estimate of drug-likeness (QED) is 0.798. The molecule has 0 aliphatic heterocycles. The molecule has 1 N–H and O–H groups in total. The van der Waals surface area contributed by atoms with Crippen molar-refractivity contribution in [2.75, 3.05) is 20.7 Å². The van der Waals surface area contributed by atoms with Crippen molar-refractivity contribution in [3.8, 4) is 5.75 Å². The van der Waals surface area contributed by atoms with Gasteiger partial charge in [-0.3, -0.25) is 4.90 Å². The van der Waals surface area contributed by atoms with Gasteiger partial charge in [-0.15, -0.1) is 0 Å². The van der Waals surface area contributed by atoms with Crippen molar-refractivity contribution in [1.82, 2.24) is 4.90 Å². The SMILES string of the molecule is COc1ccccc1CN(C)C[C@@H](C)O. The van der Waals surface area contributed by atoms with Gasteiger partial charge in [-0.1, -0.05) is 18.2 Å². The maximum absolute atomic E-state index is 9.25. The van der Waals surface area contributed by atoms with Crippen LogP contribution in [0.15, 0.2) is 24.3 Å². The highest BCUT2D eigenvalue weighted by Gasteiger charge is 2.07. The molecule has 3 nitrogen and oxygen atoms in total. The summed E-state index contributed by atoms with van der Waals surface area (Å²) in [6, 6.07) is 7.94. The molecule has 0 aromatic heterocycles. The van der Waals surface area contributed by atoms with Crippen molar-refractivity contribution >= 4 is 0 Å². The van der Waals surface area contributed by atoms with Crippen molar-refractivity contribution < 1.29 is 9.84 Å². The lowest BCUT2D eigenvalue weighted by atomic mass is 10.2. The lowest BCUT2D eigenvalue weighted by Gasteiger charge is -2.19. The average molecular weight is 209 g/mol. The summed E-state index contributed by atoms with van der Waals surface area (Å²) in [6.45, 7) is 3.24. The molecule has 0 spiro atoms. The molecule has 0 bridgehead atoms. The number of hydrogen-bond acceptors (Lipinski definition) is 3. The number of likely N-dealkylation sites (N-methyl/N-ethyl adjacent to an activating group) is 1. The summed E-state index contributed by atoms with van der Waals surface area (Å²) < 4.78 is 5.26. The molecule has 1 atom stereocenters. The second-order valence-corrected chi connectivity index (χ2v) is 3.86. The molecular formula is C12H19NO2. The van der Waals surface area contributed by atoms with Gasteiger partial charge in [0.1, 0.15) is 5.75 Å². The largest absolute Gasteiger partial charge is 0.496 e. The Kier molecular flexibility index (Phi) is 4.59. The Balaban J connectivity index is 2.63. The number of ether oxygens (including phenoxy) is 1. The van der Waals surface area contributed by atoms with Crippen LogP contribution in [-0.2, 0) is 6.54 Å². The van der Waals surface area contributed by atoms with Crippen molar-refractivity contribution in [2.24, 2.45) is 0 Å². The van der Waals surface area contributed by atoms with Crippen molar-refractivity contribution in [3.05, 3.63) is 29.8 Å². The molecule has 0 radical (unpaired) electrons. The van der Waals surface area contributed by atoms with Crippen LogP contribution in [0, 0.1) is 0 Å². The summed E-state index contributed by atoms with van der Waals surface area (Å²) in [5.74, 6) is 0.898. The first-order valence-electron chi connectivity index (χ1n) is 5.12. The summed E-state index contributed by atoms with van der Waals surface area (Å²) in [5, 5.41) is 9.25. The molecule has 84 valence electrons. The van der Waals surface area contributed by atoms with Gasteiger partial charge in [0, 0.05) is 18.7 Å². The Hall–Kier alpha value is -1.06. The number of methoxy groups -OCH3 is 1. The van der Waals surface area contributed by atoms with Gasteiger partial charge in [0.15, 0.2) is 0 Å². The maximum Gasteiger partial charge on any atom is 0.123 e. The molecule has 1 rings (SSSR count). The lowest BCUT2D eigenvalue weighted by Crippen LogP contribution is -2.26. The summed E-state index contributed by atoms with van der Waals surface area (Å²) in [6.07, 6.45) is -0.301. The molecule has 0 amide bonds. The zero-order valence-corrected chi connectivity index (χ0v) is 9.60. The molecule has 0 saturated carbocycles. The van der Waals surface area contributed by atoms with Crippen molar-refractivity contribution in [2.45, 2.75) is 19.6 Å². The van der Waals surface area contributed by atoms with Crippen molar-refractivity contribution in [1.29, 1.82) is 0 Å². The molecule has 1 aromatic carbocycles. The summed E-state index contributed by atoms with van der Waals surface area (Å²) in [4.78, 5) is 2.07. The predicted octanol–water partition coefficient (Wildman–Crippen LogP) is 1.51. The van der Waals surface area contributed by atoms with Gasteiger partial charge < -0.3 is 9.84 Å². The smallest absolute Gasteiger partial charge is 0.123 e. The Morgan fingerprint density at radius 3 is 2.67 bits per heavy atom. The fraction of sp³-hybridized carbons (Fsp3) is 0.500. The molecule has 1 aromatic rings. The van der Waals surface area contributed by atoms with E-state index < -0.39 is 0 Å². The van der Waals surface area contributed by atoms with Crippen LogP contribution in [0.1, 0.15) is 12.5 Å². The standard InChI is InChI=1S/C12H19NO2/c1-10(14)8-13(2)9-11-6-4-5-7-12(11)15-3/h4-7,10,14H,8-9H2,1-3H3/t10-/m1/s1. The van der Waals surface area contributed by atoms with E-state index in [9.17, 15) is 5.11 Å². The molecule has 15 heavy (non-hydrogen) atoms. The molecular weight excluding hydrogens is 190 g/mol. The van der Waals surface area contributed by atoms with Gasteiger partial charge >= 0.3 is 0 Å². The van der Waals surface area contributed by atoms with Crippen molar-refractivity contribution in [3.63, 3.8) is 0 Å². The van der Waals surface area contributed by atoms with E-state index in [1.165, 1.54) is 0 Å². The normalized spacial score (nSPS) is 12.9. The monoisotopic (exact) mass is 209 g/mol. The van der Waals surface area contributed by atoms with E-state index in [1.54, 1.807) is 14.0 Å². The lowest BCUT2D eigenvalue weighted by molar-refractivity contribution is 0.138. The van der Waals surface area contributed by atoms with Crippen LogP contribution >= 0.6 is 0 Å². The number of nitrogens with zero attached hydrogens (tertiary/aromatic N) is 1. The highest BCUT2D eigenvalue weighted by molar-refractivity contribution is 5.32. The zero-order valence-electron chi connectivity index (χ0n) is 9.60. The van der Waals surface area contributed by atoms with E-state index in [0.717, 1.165) is 17.9 Å². The minimum absolute atomic E-state index is 0.301. The second kappa shape index (κ2) is 5.73. The third-order valence-corrected chi connectivity index (χ3v) is 2.21. The third kappa shape index (κ3) is 3.90. The first-order valence-corrected chi connectivity index (χ1v) is 5.12. The van der Waals surface area contributed by atoms with E-state index in [4.69, 9.17) is 4.74 Å². The van der Waals surface area contributed by atoms with Crippen LogP contribution in [0.4, 0.5) is 0 Å². The number of rotatable bonds is 5. The predicted molar refractivity (Wildman–Crippen MR) is 61.0 cm³/mol. The molecule has 0 aliphatic carbocycles. The van der Waals surface area contributed by atoms with Gasteiger partial charge in [0.25, 0.3) is 0 Å². The Bertz CT molecular complexity index is 299. The molecule has 0 saturated heterocycles. The highest BCUT2D eigenvalue weighted by Crippen LogP contribution is 2.18. The number of hydrogen-bond donors (Lipinski definition) is 1. The minimum Gasteiger partial charge on any atom is -0.496 e. The Morgan fingerprint density at radius 2 is 2.07 bits per heavy atom. The Labute approximate surface area is 91.3 Å².